The molecule has 5 heteroatoms. The average Bonchev–Trinajstić information content (AvgIpc) is 2.62. The summed E-state index contributed by atoms with van der Waals surface area (Å²) in [7, 11) is 0. The first kappa shape index (κ1) is 16.3. The van der Waals surface area contributed by atoms with Crippen molar-refractivity contribution in [2.45, 2.75) is 26.6 Å². The lowest BCUT2D eigenvalue weighted by atomic mass is 10.0. The number of aliphatic hydroxyl groups is 1. The minimum absolute atomic E-state index is 0.117. The Balaban J connectivity index is 2.12. The van der Waals surface area contributed by atoms with Crippen LogP contribution in [0, 0.1) is 0 Å². The molecule has 0 fully saturated rings. The van der Waals surface area contributed by atoms with E-state index in [0.29, 0.717) is 35.9 Å². The molecule has 24 heavy (non-hydrogen) atoms. The third-order valence-electron chi connectivity index (χ3n) is 4.01. The molecule has 2 aromatic rings. The Kier molecular flexibility index (Phi) is 4.71. The highest BCUT2D eigenvalue weighted by atomic mass is 16.5. The summed E-state index contributed by atoms with van der Waals surface area (Å²) >= 11 is 0. The molecule has 3 rings (SSSR count). The molecular weight excluding hydrogens is 306 g/mol. The lowest BCUT2D eigenvalue weighted by Crippen LogP contribution is -2.41. The smallest absolute Gasteiger partial charge is 0.272 e. The monoisotopic (exact) mass is 327 g/mol. The van der Waals surface area contributed by atoms with Crippen molar-refractivity contribution in [3.05, 3.63) is 53.6 Å². The Morgan fingerprint density at radius 3 is 2.58 bits per heavy atom. The summed E-state index contributed by atoms with van der Waals surface area (Å²) in [5, 5.41) is 9.49. The molecule has 0 radical (unpaired) electrons. The van der Waals surface area contributed by atoms with Gasteiger partial charge in [-0.2, -0.15) is 0 Å². The number of fused-ring (bicyclic) bond motifs is 1. The number of hydrogen-bond acceptors (Lipinski definition) is 4. The summed E-state index contributed by atoms with van der Waals surface area (Å²) < 4.78 is 11.7. The van der Waals surface area contributed by atoms with Gasteiger partial charge >= 0.3 is 0 Å². The second-order valence-corrected chi connectivity index (χ2v) is 5.52. The lowest BCUT2D eigenvalue weighted by molar-refractivity contribution is -0.126. The average molecular weight is 327 g/mol. The predicted octanol–water partition coefficient (Wildman–Crippen LogP) is 3.06. The Labute approximate surface area is 141 Å². The maximum atomic E-state index is 12.9. The zero-order valence-electron chi connectivity index (χ0n) is 13.9. The van der Waals surface area contributed by atoms with Crippen LogP contribution in [0.1, 0.15) is 31.1 Å². The van der Waals surface area contributed by atoms with Gasteiger partial charge in [-0.1, -0.05) is 30.3 Å². The molecule has 0 aromatic heterocycles. The van der Waals surface area contributed by atoms with Gasteiger partial charge < -0.3 is 19.5 Å². The number of rotatable bonds is 5. The van der Waals surface area contributed by atoms with Crippen molar-refractivity contribution in [3.8, 4) is 11.5 Å². The number of likely N-dealkylation sites (N-methyl/N-ethyl adjacent to an activating group) is 1. The first-order valence-corrected chi connectivity index (χ1v) is 8.13. The zero-order valence-corrected chi connectivity index (χ0v) is 13.9. The SMILES string of the molecule is CCOc1cc(CO)cc2c1OC(c1ccccc1)C(=O)N2CC. The van der Waals surface area contributed by atoms with Crippen LogP contribution in [-0.2, 0) is 11.4 Å². The van der Waals surface area contributed by atoms with E-state index in [0.717, 1.165) is 5.56 Å². The molecule has 0 saturated carbocycles. The van der Waals surface area contributed by atoms with Crippen molar-refractivity contribution in [2.75, 3.05) is 18.1 Å². The maximum absolute atomic E-state index is 12.9. The molecule has 1 atom stereocenters. The topological polar surface area (TPSA) is 59.0 Å². The molecule has 1 heterocycles. The third kappa shape index (κ3) is 2.83. The van der Waals surface area contributed by atoms with Crippen LogP contribution in [0.25, 0.3) is 0 Å². The third-order valence-corrected chi connectivity index (χ3v) is 4.01. The van der Waals surface area contributed by atoms with Gasteiger partial charge in [0.15, 0.2) is 11.5 Å². The van der Waals surface area contributed by atoms with Crippen LogP contribution in [0.3, 0.4) is 0 Å². The van der Waals surface area contributed by atoms with Gasteiger partial charge in [0.25, 0.3) is 5.91 Å². The van der Waals surface area contributed by atoms with Gasteiger partial charge in [0, 0.05) is 12.1 Å². The molecule has 0 bridgehead atoms. The highest BCUT2D eigenvalue weighted by Crippen LogP contribution is 2.45. The van der Waals surface area contributed by atoms with Crippen molar-refractivity contribution in [1.82, 2.24) is 0 Å². The quantitative estimate of drug-likeness (QED) is 0.917. The van der Waals surface area contributed by atoms with Gasteiger partial charge in [-0.15, -0.1) is 0 Å². The number of anilines is 1. The number of benzene rings is 2. The summed E-state index contributed by atoms with van der Waals surface area (Å²) in [5.41, 5.74) is 2.13. The Morgan fingerprint density at radius 1 is 1.21 bits per heavy atom. The molecule has 1 amide bonds. The van der Waals surface area contributed by atoms with Crippen molar-refractivity contribution >= 4 is 11.6 Å². The number of hydrogen-bond donors (Lipinski definition) is 1. The molecular formula is C19H21NO4. The Hall–Kier alpha value is -2.53. The van der Waals surface area contributed by atoms with Crippen molar-refractivity contribution < 1.29 is 19.4 Å². The number of nitrogens with zero attached hydrogens (tertiary/aromatic N) is 1. The number of amides is 1. The first-order chi connectivity index (χ1) is 11.7. The van der Waals surface area contributed by atoms with Gasteiger partial charge in [-0.3, -0.25) is 4.79 Å². The molecule has 1 aliphatic heterocycles. The fourth-order valence-electron chi connectivity index (χ4n) is 2.91. The van der Waals surface area contributed by atoms with Crippen LogP contribution in [0.4, 0.5) is 5.69 Å². The minimum atomic E-state index is -0.696. The van der Waals surface area contributed by atoms with Crippen molar-refractivity contribution in [3.63, 3.8) is 0 Å². The van der Waals surface area contributed by atoms with Gasteiger partial charge in [-0.05, 0) is 31.5 Å². The largest absolute Gasteiger partial charge is 0.490 e. The van der Waals surface area contributed by atoms with Gasteiger partial charge in [-0.25, -0.2) is 0 Å². The van der Waals surface area contributed by atoms with Crippen LogP contribution in [0.2, 0.25) is 0 Å². The van der Waals surface area contributed by atoms with Gasteiger partial charge in [0.05, 0.1) is 18.9 Å². The van der Waals surface area contributed by atoms with Crippen LogP contribution in [-0.4, -0.2) is 24.2 Å². The summed E-state index contributed by atoms with van der Waals surface area (Å²) in [6.45, 7) is 4.67. The number of carbonyl (C=O) groups excluding carboxylic acids is 1. The van der Waals surface area contributed by atoms with E-state index < -0.39 is 6.10 Å². The molecule has 0 spiro atoms. The number of aliphatic hydroxyl groups excluding tert-OH is 1. The van der Waals surface area contributed by atoms with Gasteiger partial charge in [0.1, 0.15) is 0 Å². The summed E-state index contributed by atoms with van der Waals surface area (Å²) in [6, 6.07) is 13.0. The highest BCUT2D eigenvalue weighted by Gasteiger charge is 2.36. The van der Waals surface area contributed by atoms with Gasteiger partial charge in [0.2, 0.25) is 6.10 Å². The van der Waals surface area contributed by atoms with Crippen LogP contribution in [0.5, 0.6) is 11.5 Å². The van der Waals surface area contributed by atoms with Crippen LogP contribution in [0.15, 0.2) is 42.5 Å². The molecule has 0 aliphatic carbocycles. The molecule has 0 saturated heterocycles. The molecule has 1 N–H and O–H groups in total. The predicted molar refractivity (Wildman–Crippen MR) is 91.4 cm³/mol. The first-order valence-electron chi connectivity index (χ1n) is 8.13. The van der Waals surface area contributed by atoms with E-state index in [1.54, 1.807) is 17.0 Å². The normalized spacial score (nSPS) is 16.5. The molecule has 126 valence electrons. The van der Waals surface area contributed by atoms with Crippen LogP contribution >= 0.6 is 0 Å². The molecule has 5 nitrogen and oxygen atoms in total. The molecule has 1 unspecified atom stereocenters. The van der Waals surface area contributed by atoms with E-state index in [-0.39, 0.29) is 12.5 Å². The van der Waals surface area contributed by atoms with E-state index in [4.69, 9.17) is 9.47 Å². The summed E-state index contributed by atoms with van der Waals surface area (Å²) in [5.74, 6) is 0.976. The molecule has 1 aliphatic rings. The second-order valence-electron chi connectivity index (χ2n) is 5.52. The lowest BCUT2D eigenvalue weighted by Gasteiger charge is -2.35. The zero-order chi connectivity index (χ0) is 17.1. The summed E-state index contributed by atoms with van der Waals surface area (Å²) in [4.78, 5) is 14.6. The van der Waals surface area contributed by atoms with E-state index in [1.807, 2.05) is 44.2 Å². The highest BCUT2D eigenvalue weighted by molar-refractivity contribution is 6.01. The van der Waals surface area contributed by atoms with Crippen molar-refractivity contribution in [2.24, 2.45) is 0 Å². The van der Waals surface area contributed by atoms with Crippen LogP contribution < -0.4 is 14.4 Å². The number of ether oxygens (including phenoxy) is 2. The fourth-order valence-corrected chi connectivity index (χ4v) is 2.91. The standard InChI is InChI=1S/C19H21NO4/c1-3-20-15-10-13(12-21)11-16(23-4-2)18(15)24-17(19(20)22)14-8-6-5-7-9-14/h5-11,17,21H,3-4,12H2,1-2H3. The Bertz CT molecular complexity index is 730. The summed E-state index contributed by atoms with van der Waals surface area (Å²) in [6.07, 6.45) is -0.696. The van der Waals surface area contributed by atoms with E-state index >= 15 is 0 Å². The van der Waals surface area contributed by atoms with E-state index in [2.05, 4.69) is 0 Å². The maximum Gasteiger partial charge on any atom is 0.272 e. The van der Waals surface area contributed by atoms with E-state index in [1.165, 1.54) is 0 Å². The molecule has 2 aromatic carbocycles. The minimum Gasteiger partial charge on any atom is -0.490 e. The number of carbonyl (C=O) groups is 1. The Morgan fingerprint density at radius 2 is 1.96 bits per heavy atom. The second kappa shape index (κ2) is 6.93. The van der Waals surface area contributed by atoms with Crippen molar-refractivity contribution in [1.29, 1.82) is 0 Å². The van der Waals surface area contributed by atoms with E-state index in [9.17, 15) is 9.90 Å². The fraction of sp³-hybridized carbons (Fsp3) is 0.316.